The van der Waals surface area contributed by atoms with E-state index in [2.05, 4.69) is 60.4 Å². The van der Waals surface area contributed by atoms with Gasteiger partial charge in [-0.3, -0.25) is 0 Å². The molecule has 1 aromatic heterocycles. The number of hydrogen-bond acceptors (Lipinski definition) is 2. The minimum absolute atomic E-state index is 0.751. The Morgan fingerprint density at radius 2 is 1.62 bits per heavy atom. The molecule has 0 saturated carbocycles. The van der Waals surface area contributed by atoms with Gasteiger partial charge in [-0.2, -0.15) is 0 Å². The molecular formula is C27H34N2. The van der Waals surface area contributed by atoms with Gasteiger partial charge in [0.1, 0.15) is 0 Å². The number of para-hydroxylation sites is 1. The van der Waals surface area contributed by atoms with Crippen LogP contribution in [-0.4, -0.2) is 11.5 Å². The van der Waals surface area contributed by atoms with E-state index in [1.807, 2.05) is 71.0 Å². The molecule has 29 heavy (non-hydrogen) atoms. The summed E-state index contributed by atoms with van der Waals surface area (Å²) in [6.45, 7) is 14.6. The van der Waals surface area contributed by atoms with Crippen LogP contribution in [0.25, 0.3) is 22.2 Å². The molecule has 0 radical (unpaired) electrons. The molecule has 0 bridgehead atoms. The van der Waals surface area contributed by atoms with E-state index >= 15 is 0 Å². The molecular weight excluding hydrogens is 352 g/mol. The average molecular weight is 387 g/mol. The molecule has 2 aromatic carbocycles. The second-order valence-corrected chi connectivity index (χ2v) is 5.79. The smallest absolute Gasteiger partial charge is 0.0709 e. The van der Waals surface area contributed by atoms with Crippen molar-refractivity contribution < 1.29 is 0 Å². The molecule has 1 heterocycles. The number of nitrogens with one attached hydrogen (secondary N) is 1. The molecule has 1 N–H and O–H groups in total. The monoisotopic (exact) mass is 386 g/mol. The summed E-state index contributed by atoms with van der Waals surface area (Å²) in [5, 5.41) is 4.58. The Labute approximate surface area is 176 Å². The van der Waals surface area contributed by atoms with Gasteiger partial charge in [0, 0.05) is 23.2 Å². The summed E-state index contributed by atoms with van der Waals surface area (Å²) >= 11 is 0. The van der Waals surface area contributed by atoms with Crippen molar-refractivity contribution in [2.45, 2.75) is 34.6 Å². The lowest BCUT2D eigenvalue weighted by atomic mass is 10.1. The molecule has 2 nitrogen and oxygen atoms in total. The number of nitrogens with zero attached hydrogens (tertiary/aromatic N) is 1. The van der Waals surface area contributed by atoms with Crippen molar-refractivity contribution in [3.05, 3.63) is 97.1 Å². The van der Waals surface area contributed by atoms with Crippen molar-refractivity contribution in [1.29, 1.82) is 0 Å². The third kappa shape index (κ3) is 7.42. The van der Waals surface area contributed by atoms with E-state index in [0.717, 1.165) is 40.0 Å². The van der Waals surface area contributed by atoms with Gasteiger partial charge >= 0.3 is 0 Å². The van der Waals surface area contributed by atoms with E-state index in [1.54, 1.807) is 0 Å². The maximum Gasteiger partial charge on any atom is 0.0709 e. The molecule has 0 spiro atoms. The molecule has 3 aromatic rings. The molecule has 0 aliphatic rings. The van der Waals surface area contributed by atoms with Crippen LogP contribution in [0.2, 0.25) is 0 Å². The van der Waals surface area contributed by atoms with Gasteiger partial charge in [0.2, 0.25) is 0 Å². The van der Waals surface area contributed by atoms with Gasteiger partial charge in [-0.15, -0.1) is 0 Å². The lowest BCUT2D eigenvalue weighted by Gasteiger charge is -2.08. The van der Waals surface area contributed by atoms with Crippen LogP contribution in [0.15, 0.2) is 97.1 Å². The number of rotatable bonds is 6. The fourth-order valence-corrected chi connectivity index (χ4v) is 2.61. The largest absolute Gasteiger partial charge is 0.381 e. The van der Waals surface area contributed by atoms with Crippen LogP contribution in [0.1, 0.15) is 34.6 Å². The summed E-state index contributed by atoms with van der Waals surface area (Å²) < 4.78 is 0. The Morgan fingerprint density at radius 1 is 0.931 bits per heavy atom. The lowest BCUT2D eigenvalue weighted by molar-refractivity contribution is 1.26. The number of anilines is 1. The van der Waals surface area contributed by atoms with Crippen LogP contribution >= 0.6 is 0 Å². The zero-order chi connectivity index (χ0) is 21.5. The first-order valence-corrected chi connectivity index (χ1v) is 10.4. The molecule has 0 aliphatic carbocycles. The van der Waals surface area contributed by atoms with Crippen molar-refractivity contribution in [2.75, 3.05) is 11.9 Å². The van der Waals surface area contributed by atoms with E-state index in [-0.39, 0.29) is 0 Å². The van der Waals surface area contributed by atoms with Gasteiger partial charge in [0.05, 0.1) is 11.2 Å². The predicted molar refractivity (Wildman–Crippen MR) is 131 cm³/mol. The molecule has 0 aliphatic heterocycles. The summed E-state index contributed by atoms with van der Waals surface area (Å²) in [7, 11) is 0. The maximum atomic E-state index is 4.75. The molecule has 3 rings (SSSR count). The van der Waals surface area contributed by atoms with Crippen LogP contribution in [-0.2, 0) is 0 Å². The summed E-state index contributed by atoms with van der Waals surface area (Å²) in [5.74, 6) is 0. The highest BCUT2D eigenvalue weighted by molar-refractivity contribution is 5.81. The Balaban J connectivity index is 0.000000989. The average Bonchev–Trinajstić information content (AvgIpc) is 2.82. The molecule has 2 heteroatoms. The van der Waals surface area contributed by atoms with Crippen molar-refractivity contribution in [3.63, 3.8) is 0 Å². The quantitative estimate of drug-likeness (QED) is 0.433. The fraction of sp³-hybridized carbons (Fsp3) is 0.222. The van der Waals surface area contributed by atoms with E-state index in [1.165, 1.54) is 0 Å². The Bertz CT molecular complexity index is 919. The molecule has 0 saturated heterocycles. The number of aromatic nitrogens is 1. The van der Waals surface area contributed by atoms with E-state index in [0.29, 0.717) is 0 Å². The second kappa shape index (κ2) is 14.0. The minimum atomic E-state index is 0.751. The molecule has 152 valence electrons. The first-order valence-electron chi connectivity index (χ1n) is 10.4. The van der Waals surface area contributed by atoms with E-state index in [4.69, 9.17) is 4.98 Å². The predicted octanol–water partition coefficient (Wildman–Crippen LogP) is 8.05. The van der Waals surface area contributed by atoms with Crippen LogP contribution in [0, 0.1) is 0 Å². The lowest BCUT2D eigenvalue weighted by Crippen LogP contribution is -2.02. The van der Waals surface area contributed by atoms with Gasteiger partial charge in [-0.05, 0) is 36.8 Å². The maximum absolute atomic E-state index is 4.75. The normalized spacial score (nSPS) is 10.6. The molecule has 0 unspecified atom stereocenters. The minimum Gasteiger partial charge on any atom is -0.381 e. The highest BCUT2D eigenvalue weighted by atomic mass is 14.9. The third-order valence-corrected chi connectivity index (χ3v) is 4.04. The van der Waals surface area contributed by atoms with Crippen molar-refractivity contribution in [1.82, 2.24) is 4.98 Å². The zero-order valence-corrected chi connectivity index (χ0v) is 18.4. The van der Waals surface area contributed by atoms with E-state index in [9.17, 15) is 0 Å². The number of pyridine rings is 1. The van der Waals surface area contributed by atoms with Gasteiger partial charge in [-0.25, -0.2) is 4.98 Å². The van der Waals surface area contributed by atoms with Crippen LogP contribution in [0.3, 0.4) is 0 Å². The SMILES string of the molecule is C=C/C(=C\C=C/C)CNc1ccc(-c2ccc3ccccc3n2)cc1.CC.CC. The Morgan fingerprint density at radius 3 is 2.28 bits per heavy atom. The van der Waals surface area contributed by atoms with Gasteiger partial charge in [0.15, 0.2) is 0 Å². The highest BCUT2D eigenvalue weighted by Crippen LogP contribution is 2.22. The second-order valence-electron chi connectivity index (χ2n) is 5.79. The summed E-state index contributed by atoms with van der Waals surface area (Å²) in [6, 6.07) is 20.7. The van der Waals surface area contributed by atoms with Crippen LogP contribution in [0.4, 0.5) is 5.69 Å². The zero-order valence-electron chi connectivity index (χ0n) is 18.4. The molecule has 0 atom stereocenters. The third-order valence-electron chi connectivity index (χ3n) is 4.04. The topological polar surface area (TPSA) is 24.9 Å². The van der Waals surface area contributed by atoms with E-state index < -0.39 is 0 Å². The number of fused-ring (bicyclic) bond motifs is 1. The van der Waals surface area contributed by atoms with Gasteiger partial charge in [-0.1, -0.05) is 95.0 Å². The van der Waals surface area contributed by atoms with Crippen LogP contribution < -0.4 is 5.32 Å². The first kappa shape index (κ1) is 23.9. The first-order chi connectivity index (χ1) is 14.3. The van der Waals surface area contributed by atoms with Crippen molar-refractivity contribution >= 4 is 16.6 Å². The van der Waals surface area contributed by atoms with Crippen LogP contribution in [0.5, 0.6) is 0 Å². The molecule has 0 fully saturated rings. The summed E-state index contributed by atoms with van der Waals surface area (Å²) in [4.78, 5) is 4.75. The number of benzene rings is 2. The Kier molecular flexibility index (Phi) is 11.5. The van der Waals surface area contributed by atoms with Gasteiger partial charge in [0.25, 0.3) is 0 Å². The van der Waals surface area contributed by atoms with Crippen molar-refractivity contribution in [2.24, 2.45) is 0 Å². The summed E-state index contributed by atoms with van der Waals surface area (Å²) in [6.07, 6.45) is 7.97. The fourth-order valence-electron chi connectivity index (χ4n) is 2.61. The summed E-state index contributed by atoms with van der Waals surface area (Å²) in [5.41, 5.74) is 5.36. The highest BCUT2D eigenvalue weighted by Gasteiger charge is 2.02. The Hall–Kier alpha value is -3.13. The standard InChI is InChI=1S/C23H22N2.2C2H6/c1-3-5-8-18(4-2)17-24-21-14-11-20(12-15-21)23-16-13-19-9-6-7-10-22(19)25-23;2*1-2/h3-16,24H,2,17H2,1H3;2*1-2H3/b5-3-,18-8+;;. The molecule has 0 amide bonds. The van der Waals surface area contributed by atoms with Gasteiger partial charge < -0.3 is 5.32 Å². The number of allylic oxidation sites excluding steroid dienone is 3. The van der Waals surface area contributed by atoms with Crippen molar-refractivity contribution in [3.8, 4) is 11.3 Å². The number of hydrogen-bond donors (Lipinski definition) is 1.